The Hall–Kier alpha value is -0.580. The van der Waals surface area contributed by atoms with Gasteiger partial charge < -0.3 is 4.74 Å². The molecular formula is C12H15IO2. The molecule has 0 unspecified atom stereocenters. The van der Waals surface area contributed by atoms with Gasteiger partial charge in [0.2, 0.25) is 0 Å². The van der Waals surface area contributed by atoms with Crippen molar-refractivity contribution in [3.63, 3.8) is 0 Å². The van der Waals surface area contributed by atoms with Crippen LogP contribution in [0.4, 0.5) is 0 Å². The maximum Gasteiger partial charge on any atom is 0.306 e. The molecule has 1 aromatic rings. The Bertz CT molecular complexity index is 347. The molecule has 2 nitrogen and oxygen atoms in total. The van der Waals surface area contributed by atoms with Crippen molar-refractivity contribution < 1.29 is 9.53 Å². The number of carbonyl (C=O) groups excluding carboxylic acids is 1. The quantitative estimate of drug-likeness (QED) is 0.630. The third-order valence-corrected chi connectivity index (χ3v) is 3.36. The zero-order chi connectivity index (χ0) is 11.3. The molecule has 0 saturated heterocycles. The fourth-order valence-electron chi connectivity index (χ4n) is 1.34. The number of ether oxygens (including phenoxy) is 1. The average Bonchev–Trinajstić information content (AvgIpc) is 2.20. The van der Waals surface area contributed by atoms with Crippen LogP contribution in [0.15, 0.2) is 18.2 Å². The van der Waals surface area contributed by atoms with Gasteiger partial charge in [-0.3, -0.25) is 4.79 Å². The normalized spacial score (nSPS) is 10.1. The van der Waals surface area contributed by atoms with Gasteiger partial charge in [-0.05, 0) is 60.1 Å². The maximum atomic E-state index is 11.1. The summed E-state index contributed by atoms with van der Waals surface area (Å²) in [7, 11) is 0. The van der Waals surface area contributed by atoms with Crippen LogP contribution < -0.4 is 0 Å². The molecule has 15 heavy (non-hydrogen) atoms. The molecule has 0 fully saturated rings. The summed E-state index contributed by atoms with van der Waals surface area (Å²) in [6.07, 6.45) is 1.23. The standard InChI is InChI=1S/C12H15IO2/c1-3-15-12(14)7-5-10-4-6-11(13)9(2)8-10/h4,6,8H,3,5,7H2,1-2H3. The Morgan fingerprint density at radius 3 is 2.80 bits per heavy atom. The van der Waals surface area contributed by atoms with Gasteiger partial charge in [-0.1, -0.05) is 12.1 Å². The maximum absolute atomic E-state index is 11.1. The minimum absolute atomic E-state index is 0.117. The average molecular weight is 318 g/mol. The fourth-order valence-corrected chi connectivity index (χ4v) is 1.68. The number of carbonyl (C=O) groups is 1. The summed E-state index contributed by atoms with van der Waals surface area (Å²) in [5.41, 5.74) is 2.46. The van der Waals surface area contributed by atoms with Crippen molar-refractivity contribution in [1.29, 1.82) is 0 Å². The molecule has 1 rings (SSSR count). The van der Waals surface area contributed by atoms with Crippen LogP contribution in [0.25, 0.3) is 0 Å². The first-order chi connectivity index (χ1) is 7.13. The molecule has 82 valence electrons. The number of benzene rings is 1. The summed E-state index contributed by atoms with van der Waals surface area (Å²) in [5, 5.41) is 0. The van der Waals surface area contributed by atoms with E-state index < -0.39 is 0 Å². The molecule has 0 aliphatic rings. The van der Waals surface area contributed by atoms with E-state index in [9.17, 15) is 4.79 Å². The predicted octanol–water partition coefficient (Wildman–Crippen LogP) is 3.10. The number of hydrogen-bond acceptors (Lipinski definition) is 2. The molecule has 0 saturated carbocycles. The van der Waals surface area contributed by atoms with E-state index in [1.807, 2.05) is 6.92 Å². The summed E-state index contributed by atoms with van der Waals surface area (Å²) < 4.78 is 6.13. The van der Waals surface area contributed by atoms with Crippen molar-refractivity contribution in [2.45, 2.75) is 26.7 Å². The van der Waals surface area contributed by atoms with Crippen molar-refractivity contribution in [3.05, 3.63) is 32.9 Å². The van der Waals surface area contributed by atoms with E-state index in [-0.39, 0.29) is 5.97 Å². The monoisotopic (exact) mass is 318 g/mol. The number of halogens is 1. The van der Waals surface area contributed by atoms with Gasteiger partial charge in [0.15, 0.2) is 0 Å². The number of esters is 1. The minimum Gasteiger partial charge on any atom is -0.466 e. The molecule has 0 bridgehead atoms. The van der Waals surface area contributed by atoms with E-state index in [2.05, 4.69) is 47.7 Å². The van der Waals surface area contributed by atoms with Crippen LogP contribution in [0.5, 0.6) is 0 Å². The van der Waals surface area contributed by atoms with E-state index >= 15 is 0 Å². The molecule has 0 aromatic heterocycles. The number of aryl methyl sites for hydroxylation is 2. The highest BCUT2D eigenvalue weighted by Gasteiger charge is 2.03. The molecule has 0 N–H and O–H groups in total. The predicted molar refractivity (Wildman–Crippen MR) is 68.9 cm³/mol. The molecule has 0 aliphatic carbocycles. The Labute approximate surface area is 104 Å². The van der Waals surface area contributed by atoms with Crippen LogP contribution in [0, 0.1) is 10.5 Å². The first kappa shape index (κ1) is 12.5. The lowest BCUT2D eigenvalue weighted by molar-refractivity contribution is -0.143. The van der Waals surface area contributed by atoms with Gasteiger partial charge in [0.05, 0.1) is 6.61 Å². The van der Waals surface area contributed by atoms with Crippen LogP contribution in [-0.2, 0) is 16.0 Å². The second-order valence-corrected chi connectivity index (χ2v) is 4.55. The Kier molecular flexibility index (Phi) is 5.08. The van der Waals surface area contributed by atoms with Crippen LogP contribution in [-0.4, -0.2) is 12.6 Å². The van der Waals surface area contributed by atoms with Crippen LogP contribution in [0.2, 0.25) is 0 Å². The molecule has 0 radical (unpaired) electrons. The van der Waals surface area contributed by atoms with Crippen molar-refractivity contribution in [3.8, 4) is 0 Å². The zero-order valence-electron chi connectivity index (χ0n) is 9.05. The van der Waals surface area contributed by atoms with E-state index in [4.69, 9.17) is 4.74 Å². The molecule has 0 amide bonds. The summed E-state index contributed by atoms with van der Waals surface area (Å²) in [5.74, 6) is -0.117. The van der Waals surface area contributed by atoms with Gasteiger partial charge in [0.1, 0.15) is 0 Å². The van der Waals surface area contributed by atoms with Gasteiger partial charge in [-0.2, -0.15) is 0 Å². The lowest BCUT2D eigenvalue weighted by Gasteiger charge is -2.04. The van der Waals surface area contributed by atoms with Crippen LogP contribution in [0.3, 0.4) is 0 Å². The van der Waals surface area contributed by atoms with Crippen LogP contribution in [0.1, 0.15) is 24.5 Å². The van der Waals surface area contributed by atoms with E-state index in [1.54, 1.807) is 0 Å². The third-order valence-electron chi connectivity index (χ3n) is 2.15. The van der Waals surface area contributed by atoms with Crippen molar-refractivity contribution in [1.82, 2.24) is 0 Å². The number of rotatable bonds is 4. The molecule has 0 heterocycles. The molecule has 0 aliphatic heterocycles. The lowest BCUT2D eigenvalue weighted by atomic mass is 10.1. The SMILES string of the molecule is CCOC(=O)CCc1ccc(I)c(C)c1. The molecular weight excluding hydrogens is 303 g/mol. The second-order valence-electron chi connectivity index (χ2n) is 3.39. The summed E-state index contributed by atoms with van der Waals surface area (Å²) >= 11 is 2.30. The molecule has 3 heteroatoms. The summed E-state index contributed by atoms with van der Waals surface area (Å²) in [6, 6.07) is 6.27. The van der Waals surface area contributed by atoms with E-state index in [0.717, 1.165) is 6.42 Å². The Balaban J connectivity index is 2.51. The second kappa shape index (κ2) is 6.10. The highest BCUT2D eigenvalue weighted by molar-refractivity contribution is 14.1. The first-order valence-electron chi connectivity index (χ1n) is 5.04. The summed E-state index contributed by atoms with van der Waals surface area (Å²) in [4.78, 5) is 11.1. The van der Waals surface area contributed by atoms with Gasteiger partial charge in [0, 0.05) is 9.99 Å². The molecule has 0 spiro atoms. The van der Waals surface area contributed by atoms with E-state index in [0.29, 0.717) is 13.0 Å². The van der Waals surface area contributed by atoms with Crippen molar-refractivity contribution in [2.75, 3.05) is 6.61 Å². The third kappa shape index (κ3) is 4.20. The van der Waals surface area contributed by atoms with Crippen LogP contribution >= 0.6 is 22.6 Å². The van der Waals surface area contributed by atoms with Crippen molar-refractivity contribution in [2.24, 2.45) is 0 Å². The highest BCUT2D eigenvalue weighted by atomic mass is 127. The highest BCUT2D eigenvalue weighted by Crippen LogP contribution is 2.14. The molecule has 0 atom stereocenters. The van der Waals surface area contributed by atoms with Gasteiger partial charge in [-0.15, -0.1) is 0 Å². The largest absolute Gasteiger partial charge is 0.466 e. The van der Waals surface area contributed by atoms with Gasteiger partial charge in [0.25, 0.3) is 0 Å². The Morgan fingerprint density at radius 2 is 2.20 bits per heavy atom. The minimum atomic E-state index is -0.117. The number of hydrogen-bond donors (Lipinski definition) is 0. The van der Waals surface area contributed by atoms with Gasteiger partial charge in [-0.25, -0.2) is 0 Å². The smallest absolute Gasteiger partial charge is 0.306 e. The first-order valence-corrected chi connectivity index (χ1v) is 6.12. The van der Waals surface area contributed by atoms with Crippen molar-refractivity contribution >= 4 is 28.6 Å². The lowest BCUT2D eigenvalue weighted by Crippen LogP contribution is -2.05. The Morgan fingerprint density at radius 1 is 1.47 bits per heavy atom. The molecule has 1 aromatic carbocycles. The zero-order valence-corrected chi connectivity index (χ0v) is 11.2. The summed E-state index contributed by atoms with van der Waals surface area (Å²) in [6.45, 7) is 4.37. The topological polar surface area (TPSA) is 26.3 Å². The van der Waals surface area contributed by atoms with E-state index in [1.165, 1.54) is 14.7 Å². The van der Waals surface area contributed by atoms with Gasteiger partial charge >= 0.3 is 5.97 Å². The fraction of sp³-hybridized carbons (Fsp3) is 0.417.